The van der Waals surface area contributed by atoms with Crippen molar-refractivity contribution in [1.82, 2.24) is 0 Å². The average molecular weight is 423 g/mol. The number of carbonyl (C=O) groups is 2. The Morgan fingerprint density at radius 2 is 1.60 bits per heavy atom. The first-order valence-corrected chi connectivity index (χ1v) is 10.8. The van der Waals surface area contributed by atoms with E-state index in [4.69, 9.17) is 0 Å². The van der Waals surface area contributed by atoms with E-state index in [1.807, 2.05) is 0 Å². The summed E-state index contributed by atoms with van der Waals surface area (Å²) < 4.78 is 27.7. The second kappa shape index (κ2) is 8.92. The smallest absolute Gasteiger partial charge is 0.264 e. The summed E-state index contributed by atoms with van der Waals surface area (Å²) in [6.45, 7) is 2.83. The van der Waals surface area contributed by atoms with Crippen LogP contribution in [0.15, 0.2) is 83.8 Å². The molecule has 1 amide bonds. The lowest BCUT2D eigenvalue weighted by atomic mass is 10.1. The first-order chi connectivity index (χ1) is 14.3. The van der Waals surface area contributed by atoms with Crippen molar-refractivity contribution in [2.24, 2.45) is 0 Å². The Hall–Kier alpha value is -3.45. The van der Waals surface area contributed by atoms with E-state index < -0.39 is 22.5 Å². The third-order valence-electron chi connectivity index (χ3n) is 4.46. The summed E-state index contributed by atoms with van der Waals surface area (Å²) in [4.78, 5) is 24.4. The van der Waals surface area contributed by atoms with Gasteiger partial charge < -0.3 is 5.32 Å². The lowest BCUT2D eigenvalue weighted by Crippen LogP contribution is -2.38. The number of carbonyl (C=O) groups excluding carboxylic acids is 2. The monoisotopic (exact) mass is 422 g/mol. The van der Waals surface area contributed by atoms with Crippen LogP contribution < -0.4 is 9.62 Å². The van der Waals surface area contributed by atoms with E-state index in [0.29, 0.717) is 16.9 Å². The van der Waals surface area contributed by atoms with E-state index in [-0.39, 0.29) is 10.7 Å². The van der Waals surface area contributed by atoms with Gasteiger partial charge in [-0.15, -0.1) is 0 Å². The molecule has 154 valence electrons. The zero-order valence-corrected chi connectivity index (χ0v) is 17.5. The number of sulfonamides is 1. The number of amides is 1. The molecule has 0 heterocycles. The minimum Gasteiger partial charge on any atom is -0.324 e. The van der Waals surface area contributed by atoms with Crippen molar-refractivity contribution >= 4 is 33.1 Å². The number of hydrogen-bond acceptors (Lipinski definition) is 4. The first-order valence-electron chi connectivity index (χ1n) is 9.33. The van der Waals surface area contributed by atoms with Crippen LogP contribution in [-0.2, 0) is 14.8 Å². The lowest BCUT2D eigenvalue weighted by molar-refractivity contribution is -0.114. The maximum atomic E-state index is 13.3. The molecule has 0 saturated heterocycles. The van der Waals surface area contributed by atoms with E-state index in [1.165, 1.54) is 13.0 Å². The van der Waals surface area contributed by atoms with Crippen LogP contribution in [0.5, 0.6) is 0 Å². The molecule has 7 heteroatoms. The molecular formula is C23H22N2O4S. The highest BCUT2D eigenvalue weighted by Gasteiger charge is 2.27. The minimum absolute atomic E-state index is 0.109. The van der Waals surface area contributed by atoms with Gasteiger partial charge in [-0.25, -0.2) is 8.42 Å². The molecule has 30 heavy (non-hydrogen) atoms. The molecule has 0 aliphatic rings. The normalized spacial score (nSPS) is 11.0. The third-order valence-corrected chi connectivity index (χ3v) is 6.23. The van der Waals surface area contributed by atoms with Gasteiger partial charge in [-0.1, -0.05) is 42.5 Å². The molecular weight excluding hydrogens is 400 g/mol. The molecule has 0 atom stereocenters. The van der Waals surface area contributed by atoms with Crippen LogP contribution in [0.2, 0.25) is 0 Å². The van der Waals surface area contributed by atoms with E-state index in [1.54, 1.807) is 79.7 Å². The maximum absolute atomic E-state index is 13.3. The van der Waals surface area contributed by atoms with Gasteiger partial charge in [0.2, 0.25) is 5.91 Å². The number of Topliss-reactive ketones (excluding diaryl/α,β-unsaturated/α-hetero) is 1. The Balaban J connectivity index is 1.91. The summed E-state index contributed by atoms with van der Waals surface area (Å²) in [6, 6.07) is 21.5. The number of anilines is 2. The second-order valence-electron chi connectivity index (χ2n) is 6.85. The Labute approximate surface area is 176 Å². The van der Waals surface area contributed by atoms with Gasteiger partial charge in [0.05, 0.1) is 10.6 Å². The van der Waals surface area contributed by atoms with Gasteiger partial charge >= 0.3 is 0 Å². The molecule has 1 N–H and O–H groups in total. The van der Waals surface area contributed by atoms with Crippen molar-refractivity contribution < 1.29 is 18.0 Å². The van der Waals surface area contributed by atoms with Gasteiger partial charge in [0.1, 0.15) is 6.54 Å². The van der Waals surface area contributed by atoms with Crippen LogP contribution in [0.3, 0.4) is 0 Å². The topological polar surface area (TPSA) is 83.6 Å². The Morgan fingerprint density at radius 1 is 0.900 bits per heavy atom. The highest BCUT2D eigenvalue weighted by Crippen LogP contribution is 2.24. The molecule has 3 aromatic rings. The second-order valence-corrected chi connectivity index (χ2v) is 8.71. The summed E-state index contributed by atoms with van der Waals surface area (Å²) in [7, 11) is -3.97. The maximum Gasteiger partial charge on any atom is 0.264 e. The van der Waals surface area contributed by atoms with Crippen molar-refractivity contribution in [3.05, 3.63) is 90.0 Å². The van der Waals surface area contributed by atoms with Crippen LogP contribution in [0.4, 0.5) is 11.4 Å². The average Bonchev–Trinajstić information content (AvgIpc) is 2.72. The van der Waals surface area contributed by atoms with Crippen molar-refractivity contribution in [3.63, 3.8) is 0 Å². The summed E-state index contributed by atoms with van der Waals surface area (Å²) in [6.07, 6.45) is 0. The van der Waals surface area contributed by atoms with Gasteiger partial charge in [-0.2, -0.15) is 0 Å². The Bertz CT molecular complexity index is 1170. The zero-order chi connectivity index (χ0) is 21.7. The van der Waals surface area contributed by atoms with Crippen molar-refractivity contribution in [1.29, 1.82) is 0 Å². The molecule has 0 spiro atoms. The van der Waals surface area contributed by atoms with Gasteiger partial charge in [-0.05, 0) is 55.8 Å². The number of benzene rings is 3. The molecule has 0 fully saturated rings. The molecule has 0 aromatic heterocycles. The molecule has 0 unspecified atom stereocenters. The van der Waals surface area contributed by atoms with Crippen molar-refractivity contribution in [2.75, 3.05) is 16.2 Å². The van der Waals surface area contributed by atoms with Gasteiger partial charge in [0, 0.05) is 11.3 Å². The third kappa shape index (κ3) is 4.93. The SMILES string of the molecule is CC(=O)c1cccc(NC(=O)CN(c2ccccc2)S(=O)(=O)c2cccc(C)c2)c1. The van der Waals surface area contributed by atoms with E-state index in [9.17, 15) is 18.0 Å². The predicted molar refractivity (Wildman–Crippen MR) is 117 cm³/mol. The molecule has 3 aromatic carbocycles. The first kappa shape index (κ1) is 21.3. The highest BCUT2D eigenvalue weighted by atomic mass is 32.2. The summed E-state index contributed by atoms with van der Waals surface area (Å²) in [5, 5.41) is 2.68. The van der Waals surface area contributed by atoms with Crippen LogP contribution in [0, 0.1) is 6.92 Å². The summed E-state index contributed by atoms with van der Waals surface area (Å²) in [5.74, 6) is -0.644. The summed E-state index contributed by atoms with van der Waals surface area (Å²) >= 11 is 0. The van der Waals surface area contributed by atoms with Gasteiger partial charge in [-0.3, -0.25) is 13.9 Å². The number of hydrogen-bond donors (Lipinski definition) is 1. The van der Waals surface area contributed by atoms with Gasteiger partial charge in [0.15, 0.2) is 5.78 Å². The van der Waals surface area contributed by atoms with E-state index in [2.05, 4.69) is 5.32 Å². The fourth-order valence-corrected chi connectivity index (χ4v) is 4.49. The van der Waals surface area contributed by atoms with Crippen LogP contribution in [-0.4, -0.2) is 26.7 Å². The molecule has 0 saturated carbocycles. The van der Waals surface area contributed by atoms with Crippen LogP contribution in [0.25, 0.3) is 0 Å². The molecule has 0 bridgehead atoms. The highest BCUT2D eigenvalue weighted by molar-refractivity contribution is 7.92. The fraction of sp³-hybridized carbons (Fsp3) is 0.130. The lowest BCUT2D eigenvalue weighted by Gasteiger charge is -2.24. The predicted octanol–water partition coefficient (Wildman–Crippen LogP) is 4.03. The Morgan fingerprint density at radius 3 is 2.27 bits per heavy atom. The van der Waals surface area contributed by atoms with E-state index >= 15 is 0 Å². The zero-order valence-electron chi connectivity index (χ0n) is 16.7. The molecule has 0 aliphatic carbocycles. The summed E-state index contributed by atoms with van der Waals surface area (Å²) in [5.41, 5.74) is 2.06. The number of rotatable bonds is 7. The number of para-hydroxylation sites is 1. The fourth-order valence-electron chi connectivity index (χ4n) is 2.96. The number of nitrogens with one attached hydrogen (secondary N) is 1. The molecule has 0 radical (unpaired) electrons. The van der Waals surface area contributed by atoms with Crippen molar-refractivity contribution in [3.8, 4) is 0 Å². The molecule has 3 rings (SSSR count). The molecule has 0 aliphatic heterocycles. The standard InChI is InChI=1S/C23H22N2O4S/c1-17-8-6-13-22(14-17)30(28,29)25(21-11-4-3-5-12-21)16-23(27)24-20-10-7-9-19(15-20)18(2)26/h3-15H,16H2,1-2H3,(H,24,27). The number of aryl methyl sites for hydroxylation is 1. The molecule has 6 nitrogen and oxygen atoms in total. The number of ketones is 1. The largest absolute Gasteiger partial charge is 0.324 e. The van der Waals surface area contributed by atoms with Gasteiger partial charge in [0.25, 0.3) is 10.0 Å². The quantitative estimate of drug-likeness (QED) is 0.583. The van der Waals surface area contributed by atoms with E-state index in [0.717, 1.165) is 9.87 Å². The Kier molecular flexibility index (Phi) is 6.32. The minimum atomic E-state index is -3.97. The van der Waals surface area contributed by atoms with Crippen LogP contribution in [0.1, 0.15) is 22.8 Å². The van der Waals surface area contributed by atoms with Crippen LogP contribution >= 0.6 is 0 Å². The van der Waals surface area contributed by atoms with Crippen molar-refractivity contribution in [2.45, 2.75) is 18.7 Å². The number of nitrogens with zero attached hydrogens (tertiary/aromatic N) is 1.